The number of nitrogens with zero attached hydrogens (tertiary/aromatic N) is 4. The fourth-order valence-electron chi connectivity index (χ4n) is 3.14. The fraction of sp³-hybridized carbons (Fsp3) is 0.533. The summed E-state index contributed by atoms with van der Waals surface area (Å²) < 4.78 is 1.14. The van der Waals surface area contributed by atoms with Crippen molar-refractivity contribution in [2.45, 2.75) is 12.8 Å². The Morgan fingerprint density at radius 3 is 2.73 bits per heavy atom. The number of rotatable bonds is 4. The summed E-state index contributed by atoms with van der Waals surface area (Å²) >= 11 is 1.67. The molecule has 2 aliphatic rings. The van der Waals surface area contributed by atoms with Gasteiger partial charge in [0.05, 0.1) is 15.6 Å². The molecule has 0 unspecified atom stereocenters. The maximum Gasteiger partial charge on any atom is 0.310 e. The number of aliphatic carboxylic acids is 1. The van der Waals surface area contributed by atoms with Gasteiger partial charge in [-0.25, -0.2) is 9.97 Å². The predicted molar refractivity (Wildman–Crippen MR) is 85.4 cm³/mol. The van der Waals surface area contributed by atoms with Crippen molar-refractivity contribution in [3.05, 3.63) is 17.8 Å². The Morgan fingerprint density at radius 2 is 2.05 bits per heavy atom. The van der Waals surface area contributed by atoms with Crippen molar-refractivity contribution in [3.63, 3.8) is 0 Å². The highest BCUT2D eigenvalue weighted by molar-refractivity contribution is 7.17. The smallest absolute Gasteiger partial charge is 0.310 e. The molecule has 1 saturated heterocycles. The Balaban J connectivity index is 1.44. The number of fused-ring (bicyclic) bond motifs is 1. The van der Waals surface area contributed by atoms with E-state index in [1.165, 1.54) is 0 Å². The lowest BCUT2D eigenvalue weighted by Crippen LogP contribution is -2.49. The van der Waals surface area contributed by atoms with E-state index < -0.39 is 11.4 Å². The Morgan fingerprint density at radius 1 is 1.27 bits per heavy atom. The Kier molecular flexibility index (Phi) is 3.27. The summed E-state index contributed by atoms with van der Waals surface area (Å²) in [6.07, 6.45) is 3.27. The fourth-order valence-corrected chi connectivity index (χ4v) is 4.00. The predicted octanol–water partition coefficient (Wildman–Crippen LogP) is 1.68. The lowest BCUT2D eigenvalue weighted by Gasteiger charge is -2.36. The third-order valence-electron chi connectivity index (χ3n) is 4.73. The molecule has 0 aromatic carbocycles. The Bertz CT molecular complexity index is 704. The van der Waals surface area contributed by atoms with Crippen LogP contribution in [-0.2, 0) is 4.79 Å². The number of aromatic nitrogens is 2. The molecule has 0 amide bonds. The Hall–Kier alpha value is -1.73. The van der Waals surface area contributed by atoms with Crippen molar-refractivity contribution in [3.8, 4) is 0 Å². The minimum absolute atomic E-state index is 0.460. The van der Waals surface area contributed by atoms with Gasteiger partial charge in [-0.05, 0) is 24.3 Å². The minimum Gasteiger partial charge on any atom is -0.481 e. The highest BCUT2D eigenvalue weighted by atomic mass is 32.1. The first kappa shape index (κ1) is 13.9. The van der Waals surface area contributed by atoms with E-state index in [4.69, 9.17) is 0 Å². The molecule has 2 aromatic rings. The van der Waals surface area contributed by atoms with Crippen LogP contribution >= 0.6 is 11.3 Å². The summed E-state index contributed by atoms with van der Waals surface area (Å²) in [5.41, 5.74) is 0.540. The number of carboxylic acids is 1. The molecule has 1 aliphatic carbocycles. The van der Waals surface area contributed by atoms with E-state index in [1.807, 2.05) is 11.4 Å². The van der Waals surface area contributed by atoms with Gasteiger partial charge in [0.2, 0.25) is 0 Å². The summed E-state index contributed by atoms with van der Waals surface area (Å²) in [5, 5.41) is 11.4. The van der Waals surface area contributed by atoms with Crippen molar-refractivity contribution < 1.29 is 9.90 Å². The van der Waals surface area contributed by atoms with Crippen LogP contribution in [0.4, 0.5) is 5.82 Å². The molecular formula is C15H18N4O2S. The first-order valence-corrected chi connectivity index (χ1v) is 8.45. The zero-order chi connectivity index (χ0) is 15.2. The van der Waals surface area contributed by atoms with Crippen LogP contribution in [-0.4, -0.2) is 58.7 Å². The number of hydrogen-bond donors (Lipinski definition) is 1. The molecule has 22 heavy (non-hydrogen) atoms. The number of carboxylic acid groups (broad SMARTS) is 1. The molecule has 6 nitrogen and oxygen atoms in total. The topological polar surface area (TPSA) is 69.6 Å². The monoisotopic (exact) mass is 318 g/mol. The largest absolute Gasteiger partial charge is 0.481 e. The highest BCUT2D eigenvalue weighted by Crippen LogP contribution is 2.46. The number of thiophene rings is 1. The number of anilines is 1. The standard InChI is InChI=1S/C15H18N4O2S/c20-14(21)15(2-3-15)9-18-4-6-19(7-5-18)13-12-11(1-8-22-12)16-10-17-13/h1,8,10H,2-7,9H2,(H,20,21). The van der Waals surface area contributed by atoms with Crippen molar-refractivity contribution >= 4 is 33.3 Å². The van der Waals surface area contributed by atoms with Crippen molar-refractivity contribution in [2.24, 2.45) is 5.41 Å². The van der Waals surface area contributed by atoms with E-state index in [9.17, 15) is 9.90 Å². The van der Waals surface area contributed by atoms with E-state index in [0.29, 0.717) is 6.54 Å². The third kappa shape index (κ3) is 2.34. The van der Waals surface area contributed by atoms with E-state index in [1.54, 1.807) is 17.7 Å². The van der Waals surface area contributed by atoms with Crippen LogP contribution in [0, 0.1) is 5.41 Å². The number of carbonyl (C=O) groups is 1. The summed E-state index contributed by atoms with van der Waals surface area (Å²) in [5.74, 6) is 0.380. The van der Waals surface area contributed by atoms with Crippen LogP contribution in [0.15, 0.2) is 17.8 Å². The molecule has 1 saturated carbocycles. The maximum absolute atomic E-state index is 11.3. The highest BCUT2D eigenvalue weighted by Gasteiger charge is 2.51. The molecule has 1 aliphatic heterocycles. The average Bonchev–Trinajstić information content (AvgIpc) is 3.15. The molecule has 0 spiro atoms. The van der Waals surface area contributed by atoms with Crippen molar-refractivity contribution in [2.75, 3.05) is 37.6 Å². The second kappa shape index (κ2) is 5.17. The number of hydrogen-bond acceptors (Lipinski definition) is 6. The van der Waals surface area contributed by atoms with E-state index in [-0.39, 0.29) is 0 Å². The van der Waals surface area contributed by atoms with Gasteiger partial charge in [-0.1, -0.05) is 0 Å². The first-order chi connectivity index (χ1) is 10.7. The minimum atomic E-state index is -0.633. The summed E-state index contributed by atoms with van der Waals surface area (Å²) in [6.45, 7) is 4.26. The quantitative estimate of drug-likeness (QED) is 0.925. The molecule has 0 atom stereocenters. The van der Waals surface area contributed by atoms with Crippen LogP contribution < -0.4 is 4.90 Å². The van der Waals surface area contributed by atoms with E-state index >= 15 is 0 Å². The maximum atomic E-state index is 11.3. The van der Waals surface area contributed by atoms with Gasteiger partial charge in [-0.3, -0.25) is 9.69 Å². The molecule has 0 bridgehead atoms. The van der Waals surface area contributed by atoms with Gasteiger partial charge in [-0.15, -0.1) is 11.3 Å². The zero-order valence-electron chi connectivity index (χ0n) is 12.2. The van der Waals surface area contributed by atoms with Gasteiger partial charge in [0, 0.05) is 32.7 Å². The second-order valence-corrected chi connectivity index (χ2v) is 7.10. The van der Waals surface area contributed by atoms with Gasteiger partial charge in [0.25, 0.3) is 0 Å². The first-order valence-electron chi connectivity index (χ1n) is 7.57. The second-order valence-electron chi connectivity index (χ2n) is 6.18. The molecule has 7 heteroatoms. The molecule has 1 N–H and O–H groups in total. The van der Waals surface area contributed by atoms with Gasteiger partial charge in [0.1, 0.15) is 12.1 Å². The SMILES string of the molecule is O=C(O)C1(CN2CCN(c3ncnc4ccsc34)CC2)CC1. The van der Waals surface area contributed by atoms with E-state index in [0.717, 1.165) is 55.1 Å². The lowest BCUT2D eigenvalue weighted by molar-refractivity contribution is -0.144. The van der Waals surface area contributed by atoms with Gasteiger partial charge >= 0.3 is 5.97 Å². The third-order valence-corrected chi connectivity index (χ3v) is 5.63. The van der Waals surface area contributed by atoms with Crippen molar-refractivity contribution in [1.82, 2.24) is 14.9 Å². The Labute approximate surface area is 132 Å². The van der Waals surface area contributed by atoms with Gasteiger partial charge < -0.3 is 10.0 Å². The van der Waals surface area contributed by atoms with Crippen LogP contribution in [0.2, 0.25) is 0 Å². The van der Waals surface area contributed by atoms with Gasteiger partial charge in [-0.2, -0.15) is 0 Å². The number of piperazine rings is 1. The summed E-state index contributed by atoms with van der Waals surface area (Å²) in [4.78, 5) is 24.6. The normalized spacial score (nSPS) is 21.2. The van der Waals surface area contributed by atoms with Crippen LogP contribution in [0.25, 0.3) is 10.2 Å². The van der Waals surface area contributed by atoms with Crippen LogP contribution in [0.1, 0.15) is 12.8 Å². The molecule has 4 rings (SSSR count). The summed E-state index contributed by atoms with van der Waals surface area (Å²) in [7, 11) is 0. The van der Waals surface area contributed by atoms with Gasteiger partial charge in [0.15, 0.2) is 0 Å². The molecular weight excluding hydrogens is 300 g/mol. The molecule has 0 radical (unpaired) electrons. The van der Waals surface area contributed by atoms with Crippen LogP contribution in [0.3, 0.4) is 0 Å². The van der Waals surface area contributed by atoms with Crippen LogP contribution in [0.5, 0.6) is 0 Å². The molecule has 116 valence electrons. The zero-order valence-corrected chi connectivity index (χ0v) is 13.1. The molecule has 2 aromatic heterocycles. The van der Waals surface area contributed by atoms with Crippen molar-refractivity contribution in [1.29, 1.82) is 0 Å². The van der Waals surface area contributed by atoms with E-state index in [2.05, 4.69) is 19.8 Å². The summed E-state index contributed by atoms with van der Waals surface area (Å²) in [6, 6.07) is 2.02. The average molecular weight is 318 g/mol. The lowest BCUT2D eigenvalue weighted by atomic mass is 10.1. The molecule has 2 fully saturated rings. The molecule has 3 heterocycles.